The SMILES string of the molecule is CC(C)(C)c1nc(CN2CCN(C(=O)COC3CCCCC3)CC2)cs1. The van der Waals surface area contributed by atoms with Crippen molar-refractivity contribution in [3.63, 3.8) is 0 Å². The lowest BCUT2D eigenvalue weighted by Crippen LogP contribution is -2.49. The first-order chi connectivity index (χ1) is 12.4. The zero-order valence-electron chi connectivity index (χ0n) is 16.5. The molecule has 5 nitrogen and oxygen atoms in total. The van der Waals surface area contributed by atoms with E-state index in [4.69, 9.17) is 9.72 Å². The van der Waals surface area contributed by atoms with Gasteiger partial charge in [-0.2, -0.15) is 0 Å². The van der Waals surface area contributed by atoms with Gasteiger partial charge in [-0.3, -0.25) is 9.69 Å². The Labute approximate surface area is 161 Å². The van der Waals surface area contributed by atoms with Crippen molar-refractivity contribution in [3.8, 4) is 0 Å². The fourth-order valence-corrected chi connectivity index (χ4v) is 4.52. The molecule has 0 atom stereocenters. The molecule has 2 fully saturated rings. The first-order valence-corrected chi connectivity index (χ1v) is 10.9. The molecule has 1 saturated heterocycles. The summed E-state index contributed by atoms with van der Waals surface area (Å²) in [5.74, 6) is 0.152. The van der Waals surface area contributed by atoms with E-state index < -0.39 is 0 Å². The van der Waals surface area contributed by atoms with Crippen LogP contribution in [0.3, 0.4) is 0 Å². The van der Waals surface area contributed by atoms with Crippen molar-refractivity contribution in [1.29, 1.82) is 0 Å². The number of carbonyl (C=O) groups excluding carboxylic acids is 1. The zero-order valence-corrected chi connectivity index (χ0v) is 17.3. The minimum absolute atomic E-state index is 0.117. The molecule has 0 spiro atoms. The number of hydrogen-bond donors (Lipinski definition) is 0. The van der Waals surface area contributed by atoms with Crippen LogP contribution in [0.15, 0.2) is 5.38 Å². The summed E-state index contributed by atoms with van der Waals surface area (Å²) < 4.78 is 5.84. The third-order valence-electron chi connectivity index (χ3n) is 5.30. The maximum Gasteiger partial charge on any atom is 0.248 e. The first kappa shape index (κ1) is 19.8. The average Bonchev–Trinajstić information content (AvgIpc) is 3.10. The second-order valence-corrected chi connectivity index (χ2v) is 9.48. The minimum Gasteiger partial charge on any atom is -0.368 e. The van der Waals surface area contributed by atoms with Gasteiger partial charge in [0.2, 0.25) is 5.91 Å². The molecule has 0 unspecified atom stereocenters. The number of aromatic nitrogens is 1. The Morgan fingerprint density at radius 2 is 1.88 bits per heavy atom. The number of rotatable bonds is 5. The predicted octanol–water partition coefficient (Wildman–Crippen LogP) is 3.43. The lowest BCUT2D eigenvalue weighted by molar-refractivity contribution is -0.140. The van der Waals surface area contributed by atoms with Crippen molar-refractivity contribution in [2.24, 2.45) is 0 Å². The van der Waals surface area contributed by atoms with Crippen molar-refractivity contribution >= 4 is 17.2 Å². The van der Waals surface area contributed by atoms with Crippen molar-refractivity contribution in [2.75, 3.05) is 32.8 Å². The highest BCUT2D eigenvalue weighted by Gasteiger charge is 2.24. The van der Waals surface area contributed by atoms with Crippen LogP contribution in [0.25, 0.3) is 0 Å². The van der Waals surface area contributed by atoms with Gasteiger partial charge in [-0.1, -0.05) is 40.0 Å². The topological polar surface area (TPSA) is 45.7 Å². The Kier molecular flexibility index (Phi) is 6.70. The van der Waals surface area contributed by atoms with Crippen LogP contribution in [0.4, 0.5) is 0 Å². The summed E-state index contributed by atoms with van der Waals surface area (Å²) in [6, 6.07) is 0. The van der Waals surface area contributed by atoms with Crippen LogP contribution < -0.4 is 0 Å². The van der Waals surface area contributed by atoms with E-state index in [2.05, 4.69) is 31.1 Å². The summed E-state index contributed by atoms with van der Waals surface area (Å²) in [6.07, 6.45) is 6.33. The van der Waals surface area contributed by atoms with Gasteiger partial charge in [-0.25, -0.2) is 4.98 Å². The Morgan fingerprint density at radius 3 is 2.50 bits per heavy atom. The normalized spacial score (nSPS) is 20.5. The van der Waals surface area contributed by atoms with Gasteiger partial charge in [-0.05, 0) is 12.8 Å². The Bertz CT molecular complexity index is 582. The van der Waals surface area contributed by atoms with Gasteiger partial charge in [0.25, 0.3) is 0 Å². The molecule has 1 aromatic heterocycles. The average molecular weight is 380 g/mol. The number of nitrogens with zero attached hydrogens (tertiary/aromatic N) is 3. The van der Waals surface area contributed by atoms with Gasteiger partial charge in [-0.15, -0.1) is 11.3 Å². The molecule has 2 aliphatic rings. The first-order valence-electron chi connectivity index (χ1n) is 9.98. The Hall–Kier alpha value is -0.980. The second-order valence-electron chi connectivity index (χ2n) is 8.62. The van der Waals surface area contributed by atoms with E-state index in [-0.39, 0.29) is 17.9 Å². The molecule has 0 radical (unpaired) electrons. The third-order valence-corrected chi connectivity index (χ3v) is 6.62. The van der Waals surface area contributed by atoms with Gasteiger partial charge in [0.1, 0.15) is 6.61 Å². The van der Waals surface area contributed by atoms with Crippen molar-refractivity contribution < 1.29 is 9.53 Å². The van der Waals surface area contributed by atoms with E-state index in [9.17, 15) is 4.79 Å². The highest BCUT2D eigenvalue weighted by atomic mass is 32.1. The summed E-state index contributed by atoms with van der Waals surface area (Å²) in [5, 5.41) is 3.37. The largest absolute Gasteiger partial charge is 0.368 e. The van der Waals surface area contributed by atoms with Crippen LogP contribution in [0, 0.1) is 0 Å². The molecule has 26 heavy (non-hydrogen) atoms. The fourth-order valence-electron chi connectivity index (χ4n) is 3.62. The van der Waals surface area contributed by atoms with E-state index in [1.54, 1.807) is 11.3 Å². The minimum atomic E-state index is 0.117. The van der Waals surface area contributed by atoms with Gasteiger partial charge in [0.05, 0.1) is 16.8 Å². The molecular weight excluding hydrogens is 346 g/mol. The highest BCUT2D eigenvalue weighted by molar-refractivity contribution is 7.09. The molecule has 1 saturated carbocycles. The maximum atomic E-state index is 12.4. The Balaban J connectivity index is 1.39. The van der Waals surface area contributed by atoms with Crippen LogP contribution in [0.1, 0.15) is 63.6 Å². The standard InChI is InChI=1S/C20H33N3O2S/c1-20(2,3)19-21-16(15-26-19)13-22-9-11-23(12-10-22)18(24)14-25-17-7-5-4-6-8-17/h15,17H,4-14H2,1-3H3. The van der Waals surface area contributed by atoms with E-state index in [1.807, 2.05) is 4.90 Å². The van der Waals surface area contributed by atoms with E-state index >= 15 is 0 Å². The van der Waals surface area contributed by atoms with Crippen molar-refractivity contribution in [2.45, 2.75) is 70.9 Å². The molecular formula is C20H33N3O2S. The summed E-state index contributed by atoms with van der Waals surface area (Å²) in [5.41, 5.74) is 1.27. The monoisotopic (exact) mass is 379 g/mol. The smallest absolute Gasteiger partial charge is 0.248 e. The molecule has 3 rings (SSSR count). The van der Waals surface area contributed by atoms with Gasteiger partial charge in [0.15, 0.2) is 0 Å². The van der Waals surface area contributed by atoms with Crippen LogP contribution in [-0.4, -0.2) is 59.6 Å². The number of hydrogen-bond acceptors (Lipinski definition) is 5. The summed E-state index contributed by atoms with van der Waals surface area (Å²) >= 11 is 1.75. The number of thiazole rings is 1. The highest BCUT2D eigenvalue weighted by Crippen LogP contribution is 2.26. The quantitative estimate of drug-likeness (QED) is 0.786. The molecule has 1 aromatic rings. The van der Waals surface area contributed by atoms with Crippen LogP contribution in [0.5, 0.6) is 0 Å². The molecule has 0 bridgehead atoms. The summed E-state index contributed by atoms with van der Waals surface area (Å²) in [6.45, 7) is 11.2. The second kappa shape index (κ2) is 8.81. The molecule has 146 valence electrons. The predicted molar refractivity (Wildman–Crippen MR) is 105 cm³/mol. The van der Waals surface area contributed by atoms with Gasteiger partial charge < -0.3 is 9.64 Å². The number of piperazine rings is 1. The zero-order chi connectivity index (χ0) is 18.6. The van der Waals surface area contributed by atoms with Gasteiger partial charge >= 0.3 is 0 Å². The van der Waals surface area contributed by atoms with E-state index in [0.29, 0.717) is 6.10 Å². The Morgan fingerprint density at radius 1 is 1.19 bits per heavy atom. The molecule has 1 amide bonds. The number of carbonyl (C=O) groups is 1. The molecule has 1 aliphatic carbocycles. The van der Waals surface area contributed by atoms with Crippen LogP contribution in [-0.2, 0) is 21.5 Å². The molecule has 0 N–H and O–H groups in total. The van der Waals surface area contributed by atoms with Crippen LogP contribution >= 0.6 is 11.3 Å². The van der Waals surface area contributed by atoms with Crippen molar-refractivity contribution in [3.05, 3.63) is 16.1 Å². The number of amides is 1. The fraction of sp³-hybridized carbons (Fsp3) is 0.800. The lowest BCUT2D eigenvalue weighted by Gasteiger charge is -2.34. The van der Waals surface area contributed by atoms with E-state index in [1.165, 1.54) is 24.3 Å². The molecule has 6 heteroatoms. The van der Waals surface area contributed by atoms with Crippen molar-refractivity contribution in [1.82, 2.24) is 14.8 Å². The van der Waals surface area contributed by atoms with Crippen LogP contribution in [0.2, 0.25) is 0 Å². The number of ether oxygens (including phenoxy) is 1. The molecule has 2 heterocycles. The van der Waals surface area contributed by atoms with Gasteiger partial charge in [0, 0.05) is 43.5 Å². The lowest BCUT2D eigenvalue weighted by atomic mass is 9.98. The third kappa shape index (κ3) is 5.51. The molecule has 0 aromatic carbocycles. The maximum absolute atomic E-state index is 12.4. The summed E-state index contributed by atoms with van der Waals surface area (Å²) in [4.78, 5) is 21.5. The molecule has 1 aliphatic heterocycles. The summed E-state index contributed by atoms with van der Waals surface area (Å²) in [7, 11) is 0. The van der Waals surface area contributed by atoms with E-state index in [0.717, 1.165) is 51.3 Å².